The summed E-state index contributed by atoms with van der Waals surface area (Å²) in [6.45, 7) is 1.96. The van der Waals surface area contributed by atoms with Crippen molar-refractivity contribution < 1.29 is 8.78 Å². The minimum absolute atomic E-state index is 0.0574. The summed E-state index contributed by atoms with van der Waals surface area (Å²) in [6.07, 6.45) is 0.729. The van der Waals surface area contributed by atoms with Gasteiger partial charge in [-0.25, -0.2) is 8.78 Å². The number of benzene rings is 1. The Balaban J connectivity index is 2.62. The molecule has 1 nitrogen and oxygen atoms in total. The molecule has 1 aromatic carbocycles. The van der Waals surface area contributed by atoms with Gasteiger partial charge in [0.25, 0.3) is 0 Å². The summed E-state index contributed by atoms with van der Waals surface area (Å²) in [5.74, 6) is -0.183. The second kappa shape index (κ2) is 5.81. The van der Waals surface area contributed by atoms with Crippen LogP contribution >= 0.6 is 0 Å². The highest BCUT2D eigenvalue weighted by Gasteiger charge is 2.06. The van der Waals surface area contributed by atoms with E-state index >= 15 is 0 Å². The third-order valence-electron chi connectivity index (χ3n) is 2.49. The topological polar surface area (TPSA) is 26.0 Å². The molecule has 1 atom stereocenters. The van der Waals surface area contributed by atoms with Crippen molar-refractivity contribution in [3.63, 3.8) is 0 Å². The molecule has 15 heavy (non-hydrogen) atoms. The molecule has 3 heteroatoms. The van der Waals surface area contributed by atoms with Crippen LogP contribution in [0.2, 0.25) is 0 Å². The fourth-order valence-corrected chi connectivity index (χ4v) is 1.50. The van der Waals surface area contributed by atoms with Gasteiger partial charge in [0.15, 0.2) is 0 Å². The molecule has 0 aromatic heterocycles. The van der Waals surface area contributed by atoms with Crippen LogP contribution in [0.3, 0.4) is 0 Å². The van der Waals surface area contributed by atoms with Gasteiger partial charge in [-0.1, -0.05) is 19.1 Å². The summed E-state index contributed by atoms with van der Waals surface area (Å²) in [5.41, 5.74) is 6.85. The van der Waals surface area contributed by atoms with Gasteiger partial charge in [0.1, 0.15) is 12.0 Å². The lowest BCUT2D eigenvalue weighted by Gasteiger charge is -2.07. The highest BCUT2D eigenvalue weighted by molar-refractivity contribution is 5.25. The minimum Gasteiger partial charge on any atom is -0.328 e. The number of hydrogen-bond donors (Lipinski definition) is 1. The quantitative estimate of drug-likeness (QED) is 0.799. The Morgan fingerprint density at radius 1 is 1.40 bits per heavy atom. The summed E-state index contributed by atoms with van der Waals surface area (Å²) >= 11 is 0. The van der Waals surface area contributed by atoms with E-state index in [2.05, 4.69) is 0 Å². The van der Waals surface area contributed by atoms with Crippen LogP contribution in [0.1, 0.15) is 24.5 Å². The third kappa shape index (κ3) is 3.59. The van der Waals surface area contributed by atoms with Gasteiger partial charge in [-0.3, -0.25) is 0 Å². The van der Waals surface area contributed by atoms with E-state index in [1.165, 1.54) is 6.07 Å². The van der Waals surface area contributed by atoms with Crippen LogP contribution < -0.4 is 5.73 Å². The van der Waals surface area contributed by atoms with Crippen LogP contribution in [-0.4, -0.2) is 12.7 Å². The van der Waals surface area contributed by atoms with Crippen LogP contribution in [0.5, 0.6) is 0 Å². The van der Waals surface area contributed by atoms with Crippen LogP contribution in [0.4, 0.5) is 8.78 Å². The molecule has 0 aliphatic rings. The molecule has 0 aliphatic heterocycles. The lowest BCUT2D eigenvalue weighted by molar-refractivity contribution is 0.323. The van der Waals surface area contributed by atoms with Crippen molar-refractivity contribution in [3.05, 3.63) is 35.1 Å². The standard InChI is InChI=1S/C12H17F2N/c1-2-10-7-9(4-6-12(10)14)3-5-11(13)8-15/h4,6-7,11H,2-3,5,8,15H2,1H3/t11-/m1/s1. The van der Waals surface area contributed by atoms with E-state index in [1.807, 2.05) is 6.92 Å². The zero-order valence-electron chi connectivity index (χ0n) is 8.97. The first-order valence-electron chi connectivity index (χ1n) is 5.28. The van der Waals surface area contributed by atoms with E-state index in [9.17, 15) is 8.78 Å². The lowest BCUT2D eigenvalue weighted by atomic mass is 10.0. The molecule has 0 saturated carbocycles. The molecule has 0 spiro atoms. The molecule has 2 N–H and O–H groups in total. The maximum absolute atomic E-state index is 13.1. The van der Waals surface area contributed by atoms with E-state index < -0.39 is 6.17 Å². The van der Waals surface area contributed by atoms with E-state index in [-0.39, 0.29) is 12.4 Å². The van der Waals surface area contributed by atoms with Gasteiger partial charge in [-0.15, -0.1) is 0 Å². The van der Waals surface area contributed by atoms with E-state index in [0.717, 1.165) is 5.56 Å². The van der Waals surface area contributed by atoms with Gasteiger partial charge < -0.3 is 5.73 Å². The Bertz CT molecular complexity index is 312. The fourth-order valence-electron chi connectivity index (χ4n) is 1.50. The van der Waals surface area contributed by atoms with Gasteiger partial charge in [-0.2, -0.15) is 0 Å². The Kier molecular flexibility index (Phi) is 4.69. The summed E-state index contributed by atoms with van der Waals surface area (Å²) in [4.78, 5) is 0. The number of nitrogens with two attached hydrogens (primary N) is 1. The summed E-state index contributed by atoms with van der Waals surface area (Å²) in [6, 6.07) is 4.96. The fraction of sp³-hybridized carbons (Fsp3) is 0.500. The average Bonchev–Trinajstić information content (AvgIpc) is 2.27. The summed E-state index contributed by atoms with van der Waals surface area (Å²) < 4.78 is 26.0. The largest absolute Gasteiger partial charge is 0.328 e. The highest BCUT2D eigenvalue weighted by Crippen LogP contribution is 2.13. The van der Waals surface area contributed by atoms with Crippen molar-refractivity contribution in [3.8, 4) is 0 Å². The zero-order valence-corrected chi connectivity index (χ0v) is 8.97. The van der Waals surface area contributed by atoms with Crippen LogP contribution in [0, 0.1) is 5.82 Å². The summed E-state index contributed by atoms with van der Waals surface area (Å²) in [5, 5.41) is 0. The predicted molar refractivity (Wildman–Crippen MR) is 58.0 cm³/mol. The molecule has 0 saturated heterocycles. The number of rotatable bonds is 5. The third-order valence-corrected chi connectivity index (χ3v) is 2.49. The van der Waals surface area contributed by atoms with Crippen molar-refractivity contribution in [2.75, 3.05) is 6.54 Å². The monoisotopic (exact) mass is 213 g/mol. The normalized spacial score (nSPS) is 12.8. The molecular formula is C12H17F2N. The molecule has 84 valence electrons. The molecule has 0 unspecified atom stereocenters. The minimum atomic E-state index is -0.958. The van der Waals surface area contributed by atoms with Gasteiger partial charge in [0, 0.05) is 6.54 Å². The van der Waals surface area contributed by atoms with Gasteiger partial charge in [0.05, 0.1) is 0 Å². The Morgan fingerprint density at radius 3 is 2.73 bits per heavy atom. The maximum Gasteiger partial charge on any atom is 0.126 e. The van der Waals surface area contributed by atoms with Gasteiger partial charge in [0.2, 0.25) is 0 Å². The van der Waals surface area contributed by atoms with Gasteiger partial charge in [-0.05, 0) is 36.5 Å². The first-order valence-corrected chi connectivity index (χ1v) is 5.28. The van der Waals surface area contributed by atoms with E-state index in [4.69, 9.17) is 5.73 Å². The van der Waals surface area contributed by atoms with Crippen molar-refractivity contribution in [2.45, 2.75) is 32.4 Å². The van der Waals surface area contributed by atoms with E-state index in [1.54, 1.807) is 12.1 Å². The molecule has 0 bridgehead atoms. The van der Waals surface area contributed by atoms with Crippen LogP contribution in [0.25, 0.3) is 0 Å². The molecule has 0 aliphatic carbocycles. The molecule has 0 fully saturated rings. The van der Waals surface area contributed by atoms with Gasteiger partial charge >= 0.3 is 0 Å². The first kappa shape index (κ1) is 12.1. The zero-order chi connectivity index (χ0) is 11.3. The number of halogens is 2. The highest BCUT2D eigenvalue weighted by atomic mass is 19.1. The Labute approximate surface area is 89.3 Å². The smallest absolute Gasteiger partial charge is 0.126 e. The van der Waals surface area contributed by atoms with Crippen LogP contribution in [0.15, 0.2) is 18.2 Å². The maximum atomic E-state index is 13.1. The number of aryl methyl sites for hydroxylation is 2. The lowest BCUT2D eigenvalue weighted by Crippen LogP contribution is -2.15. The van der Waals surface area contributed by atoms with Crippen molar-refractivity contribution in [1.82, 2.24) is 0 Å². The van der Waals surface area contributed by atoms with Crippen molar-refractivity contribution >= 4 is 0 Å². The van der Waals surface area contributed by atoms with E-state index in [0.29, 0.717) is 24.8 Å². The Morgan fingerprint density at radius 2 is 2.13 bits per heavy atom. The Hall–Kier alpha value is -0.960. The molecule has 1 aromatic rings. The second-order valence-corrected chi connectivity index (χ2v) is 3.65. The summed E-state index contributed by atoms with van der Waals surface area (Å²) in [7, 11) is 0. The molecule has 0 radical (unpaired) electrons. The van der Waals surface area contributed by atoms with Crippen molar-refractivity contribution in [2.24, 2.45) is 5.73 Å². The average molecular weight is 213 g/mol. The molecular weight excluding hydrogens is 196 g/mol. The van der Waals surface area contributed by atoms with Crippen molar-refractivity contribution in [1.29, 1.82) is 0 Å². The number of hydrogen-bond acceptors (Lipinski definition) is 1. The predicted octanol–water partition coefficient (Wildman–Crippen LogP) is 2.62. The van der Waals surface area contributed by atoms with Crippen LogP contribution in [-0.2, 0) is 12.8 Å². The molecule has 0 amide bonds. The second-order valence-electron chi connectivity index (χ2n) is 3.65. The number of alkyl halides is 1. The first-order chi connectivity index (χ1) is 7.17. The SMILES string of the molecule is CCc1cc(CC[C@@H](F)CN)ccc1F. The molecule has 1 rings (SSSR count). The molecule has 0 heterocycles.